The Kier molecular flexibility index (Phi) is 8.04. The normalized spacial score (nSPS) is 12.2. The van der Waals surface area contributed by atoms with Crippen molar-refractivity contribution >= 4 is 44.9 Å². The molecule has 2 aliphatic heterocycles. The highest BCUT2D eigenvalue weighted by molar-refractivity contribution is 6.99. The Labute approximate surface area is 367 Å². The summed E-state index contributed by atoms with van der Waals surface area (Å²) < 4.78 is 9.69. The van der Waals surface area contributed by atoms with Crippen molar-refractivity contribution < 1.29 is 4.74 Å². The Morgan fingerprint density at radius 1 is 0.317 bits per heavy atom. The molecule has 1 aromatic heterocycles. The van der Waals surface area contributed by atoms with Gasteiger partial charge in [0.1, 0.15) is 11.5 Å². The van der Waals surface area contributed by atoms with E-state index in [1.54, 1.807) is 0 Å². The van der Waals surface area contributed by atoms with Crippen molar-refractivity contribution in [1.29, 1.82) is 0 Å². The second-order valence-corrected chi connectivity index (χ2v) is 16.8. The average Bonchev–Trinajstić information content (AvgIpc) is 3.69. The van der Waals surface area contributed by atoms with Crippen molar-refractivity contribution in [2.24, 2.45) is 0 Å². The van der Waals surface area contributed by atoms with Gasteiger partial charge in [-0.2, -0.15) is 0 Å². The molecule has 0 N–H and O–H groups in total. The molecule has 292 valence electrons. The maximum absolute atomic E-state index is 7.16. The topological polar surface area (TPSA) is 14.2 Å². The van der Waals surface area contributed by atoms with Gasteiger partial charge < -0.3 is 9.30 Å². The molecule has 3 heteroatoms. The molecular formula is C60H38BNO. The van der Waals surface area contributed by atoms with Crippen LogP contribution in [0.3, 0.4) is 0 Å². The van der Waals surface area contributed by atoms with Gasteiger partial charge in [0.05, 0.1) is 5.52 Å². The number of aromatic nitrogens is 1. The summed E-state index contributed by atoms with van der Waals surface area (Å²) in [4.78, 5) is 0. The number of nitrogens with zero attached hydrogens (tertiary/aromatic N) is 1. The van der Waals surface area contributed by atoms with Crippen LogP contribution in [0.4, 0.5) is 0 Å². The van der Waals surface area contributed by atoms with E-state index in [9.17, 15) is 0 Å². The van der Waals surface area contributed by atoms with Crippen LogP contribution in [0.1, 0.15) is 0 Å². The van der Waals surface area contributed by atoms with E-state index in [1.807, 2.05) is 0 Å². The summed E-state index contributed by atoms with van der Waals surface area (Å²) in [5.41, 5.74) is 21.5. The number of benzene rings is 10. The summed E-state index contributed by atoms with van der Waals surface area (Å²) in [5, 5.41) is 2.47. The highest BCUT2D eigenvalue weighted by Gasteiger charge is 2.41. The number of rotatable bonds is 6. The SMILES string of the molecule is c1ccc(-c2ccc3c(c2)Oc2cc(-c4ccccc4)cc4c2B3c2cc(-c3ccccc3-c3ccccc3)cc3c5cc(-c6ccccc6-c6ccccc6)ccc5n-4c23)cc1. The molecule has 11 aromatic rings. The van der Waals surface area contributed by atoms with Gasteiger partial charge in [0.2, 0.25) is 0 Å². The molecule has 0 saturated heterocycles. The molecule has 3 heterocycles. The minimum atomic E-state index is -0.0603. The Balaban J connectivity index is 1.14. The molecule has 0 bridgehead atoms. The standard InChI is InChI=1S/C60H38BNO/c1-5-17-39(18-6-1)43-29-31-53-57(37-43)63-58-38-45(40-19-7-2-8-20-40)36-56-59(58)61(53)54-35-46(50-28-16-14-26-48(50)42-23-11-4-12-24-42)34-52-51-33-44(30-32-55(51)62(56)60(52)54)49-27-15-13-25-47(49)41-21-9-3-10-22-41/h1-38H. The van der Waals surface area contributed by atoms with Crippen LogP contribution in [0.5, 0.6) is 11.5 Å². The van der Waals surface area contributed by atoms with Gasteiger partial charge >= 0.3 is 0 Å². The fraction of sp³-hybridized carbons (Fsp3) is 0. The van der Waals surface area contributed by atoms with Gasteiger partial charge in [-0.15, -0.1) is 0 Å². The fourth-order valence-corrected chi connectivity index (χ4v) is 10.4. The summed E-state index contributed by atoms with van der Waals surface area (Å²) in [6.45, 7) is -0.0603. The highest BCUT2D eigenvalue weighted by atomic mass is 16.5. The first-order chi connectivity index (χ1) is 31.2. The second kappa shape index (κ2) is 14.2. The molecule has 63 heavy (non-hydrogen) atoms. The van der Waals surface area contributed by atoms with Crippen LogP contribution in [0.2, 0.25) is 0 Å². The number of hydrogen-bond donors (Lipinski definition) is 0. The maximum atomic E-state index is 7.16. The summed E-state index contributed by atoms with van der Waals surface area (Å²) in [6, 6.07) is 84.1. The monoisotopic (exact) mass is 799 g/mol. The molecular weight excluding hydrogens is 761 g/mol. The van der Waals surface area contributed by atoms with Crippen molar-refractivity contribution in [2.75, 3.05) is 0 Å². The van der Waals surface area contributed by atoms with E-state index in [-0.39, 0.29) is 6.71 Å². The van der Waals surface area contributed by atoms with E-state index >= 15 is 0 Å². The van der Waals surface area contributed by atoms with Gasteiger partial charge in [-0.05, 0) is 120 Å². The Morgan fingerprint density at radius 3 is 1.43 bits per heavy atom. The minimum absolute atomic E-state index is 0.0603. The predicted octanol–water partition coefficient (Wildman–Crippen LogP) is 13.7. The molecule has 13 rings (SSSR count). The van der Waals surface area contributed by atoms with Crippen molar-refractivity contribution in [3.05, 3.63) is 231 Å². The first kappa shape index (κ1) is 35.6. The van der Waals surface area contributed by atoms with Crippen LogP contribution in [0, 0.1) is 0 Å². The number of fused-ring (bicyclic) bond motifs is 7. The van der Waals surface area contributed by atoms with Gasteiger partial charge in [0.15, 0.2) is 0 Å². The third kappa shape index (κ3) is 5.67. The first-order valence-electron chi connectivity index (χ1n) is 21.8. The van der Waals surface area contributed by atoms with Gasteiger partial charge in [-0.3, -0.25) is 0 Å². The summed E-state index contributed by atoms with van der Waals surface area (Å²) in [7, 11) is 0. The van der Waals surface area contributed by atoms with Crippen molar-refractivity contribution in [2.45, 2.75) is 0 Å². The zero-order valence-corrected chi connectivity index (χ0v) is 34.4. The van der Waals surface area contributed by atoms with Crippen LogP contribution in [0.15, 0.2) is 231 Å². The van der Waals surface area contributed by atoms with Crippen LogP contribution < -0.4 is 21.1 Å². The van der Waals surface area contributed by atoms with E-state index in [2.05, 4.69) is 235 Å². The molecule has 0 atom stereocenters. The van der Waals surface area contributed by atoms with Crippen LogP contribution in [-0.2, 0) is 0 Å². The highest BCUT2D eigenvalue weighted by Crippen LogP contribution is 2.44. The van der Waals surface area contributed by atoms with E-state index < -0.39 is 0 Å². The lowest BCUT2D eigenvalue weighted by Crippen LogP contribution is -2.58. The second-order valence-electron chi connectivity index (χ2n) is 16.8. The maximum Gasteiger partial charge on any atom is 0.256 e. The molecule has 0 fully saturated rings. The lowest BCUT2D eigenvalue weighted by Gasteiger charge is -2.34. The minimum Gasteiger partial charge on any atom is -0.458 e. The zero-order valence-electron chi connectivity index (χ0n) is 34.4. The van der Waals surface area contributed by atoms with Crippen LogP contribution in [-0.4, -0.2) is 11.3 Å². The van der Waals surface area contributed by atoms with E-state index in [0.29, 0.717) is 0 Å². The lowest BCUT2D eigenvalue weighted by atomic mass is 9.34. The van der Waals surface area contributed by atoms with Gasteiger partial charge in [0.25, 0.3) is 6.71 Å². The largest absolute Gasteiger partial charge is 0.458 e. The van der Waals surface area contributed by atoms with Crippen LogP contribution >= 0.6 is 0 Å². The third-order valence-corrected chi connectivity index (χ3v) is 13.3. The molecule has 0 radical (unpaired) electrons. The zero-order chi connectivity index (χ0) is 41.4. The molecule has 0 saturated carbocycles. The van der Waals surface area contributed by atoms with Crippen molar-refractivity contribution in [3.63, 3.8) is 0 Å². The van der Waals surface area contributed by atoms with Crippen LogP contribution in [0.25, 0.3) is 94.3 Å². The number of hydrogen-bond acceptors (Lipinski definition) is 1. The summed E-state index contributed by atoms with van der Waals surface area (Å²) in [5.74, 6) is 1.80. The fourth-order valence-electron chi connectivity index (χ4n) is 10.4. The Morgan fingerprint density at radius 2 is 0.810 bits per heavy atom. The van der Waals surface area contributed by atoms with Gasteiger partial charge in [-0.1, -0.05) is 194 Å². The van der Waals surface area contributed by atoms with E-state index in [4.69, 9.17) is 4.74 Å². The summed E-state index contributed by atoms with van der Waals surface area (Å²) in [6.07, 6.45) is 0. The molecule has 0 amide bonds. The number of ether oxygens (including phenoxy) is 1. The van der Waals surface area contributed by atoms with Gasteiger partial charge in [0, 0.05) is 22.0 Å². The Hall–Kier alpha value is -8.14. The molecule has 2 aliphatic rings. The van der Waals surface area contributed by atoms with E-state index in [0.717, 1.165) is 33.9 Å². The van der Waals surface area contributed by atoms with E-state index in [1.165, 1.54) is 88.3 Å². The molecule has 2 nitrogen and oxygen atoms in total. The van der Waals surface area contributed by atoms with Crippen molar-refractivity contribution in [3.8, 4) is 83.9 Å². The summed E-state index contributed by atoms with van der Waals surface area (Å²) >= 11 is 0. The molecule has 0 spiro atoms. The Bertz CT molecular complexity index is 3580. The third-order valence-electron chi connectivity index (χ3n) is 13.3. The molecule has 0 unspecified atom stereocenters. The molecule has 10 aromatic carbocycles. The average molecular weight is 800 g/mol. The van der Waals surface area contributed by atoms with Crippen molar-refractivity contribution in [1.82, 2.24) is 4.57 Å². The van der Waals surface area contributed by atoms with Gasteiger partial charge in [-0.25, -0.2) is 0 Å². The predicted molar refractivity (Wildman–Crippen MR) is 265 cm³/mol. The smallest absolute Gasteiger partial charge is 0.256 e. The quantitative estimate of drug-likeness (QED) is 0.153. The molecule has 0 aliphatic carbocycles. The first-order valence-corrected chi connectivity index (χ1v) is 21.8. The lowest BCUT2D eigenvalue weighted by molar-refractivity contribution is 0.487.